The molecule has 1 atom stereocenters. The molecule has 1 N–H and O–H groups in total. The first-order chi connectivity index (χ1) is 6.34. The molecule has 0 amide bonds. The summed E-state index contributed by atoms with van der Waals surface area (Å²) in [5, 5.41) is 3.24. The monoisotopic (exact) mass is 183 g/mol. The molecule has 0 radical (unpaired) electrons. The summed E-state index contributed by atoms with van der Waals surface area (Å²) in [6, 6.07) is 0. The molecule has 1 fully saturated rings. The lowest BCUT2D eigenvalue weighted by Crippen LogP contribution is -2.32. The molecule has 1 unspecified atom stereocenters. The highest BCUT2D eigenvalue weighted by atomic mass is 19.1. The van der Waals surface area contributed by atoms with Crippen molar-refractivity contribution in [2.75, 3.05) is 13.1 Å². The van der Waals surface area contributed by atoms with Crippen LogP contribution in [0.1, 0.15) is 32.6 Å². The van der Waals surface area contributed by atoms with Gasteiger partial charge in [0.1, 0.15) is 6.17 Å². The zero-order valence-electron chi connectivity index (χ0n) is 8.28. The van der Waals surface area contributed by atoms with Gasteiger partial charge < -0.3 is 5.32 Å². The Morgan fingerprint density at radius 1 is 1.46 bits per heavy atom. The molecule has 0 spiro atoms. The van der Waals surface area contributed by atoms with Crippen molar-refractivity contribution in [2.24, 2.45) is 5.92 Å². The second-order valence-electron chi connectivity index (χ2n) is 3.57. The van der Waals surface area contributed by atoms with Gasteiger partial charge in [-0.15, -0.1) is 11.8 Å². The average Bonchev–Trinajstić information content (AvgIpc) is 2.19. The van der Waals surface area contributed by atoms with Gasteiger partial charge >= 0.3 is 0 Å². The summed E-state index contributed by atoms with van der Waals surface area (Å²) in [5.74, 6) is 5.99. The minimum atomic E-state index is -0.636. The molecule has 0 aliphatic carbocycles. The highest BCUT2D eigenvalue weighted by Gasteiger charge is 2.22. The summed E-state index contributed by atoms with van der Waals surface area (Å²) >= 11 is 0. The first-order valence-electron chi connectivity index (χ1n) is 5.09. The predicted molar refractivity (Wildman–Crippen MR) is 53.2 cm³/mol. The summed E-state index contributed by atoms with van der Waals surface area (Å²) in [6.45, 7) is 3.76. The number of rotatable bonds is 3. The van der Waals surface area contributed by atoms with Gasteiger partial charge in [-0.1, -0.05) is 0 Å². The number of halogens is 1. The molecule has 1 aliphatic heterocycles. The summed E-state index contributed by atoms with van der Waals surface area (Å²) in [7, 11) is 0. The molecule has 13 heavy (non-hydrogen) atoms. The van der Waals surface area contributed by atoms with Crippen LogP contribution in [0.15, 0.2) is 0 Å². The van der Waals surface area contributed by atoms with Gasteiger partial charge in [0.05, 0.1) is 0 Å². The third kappa shape index (κ3) is 3.78. The zero-order valence-corrected chi connectivity index (χ0v) is 8.28. The van der Waals surface area contributed by atoms with E-state index >= 15 is 0 Å². The maximum Gasteiger partial charge on any atom is 0.104 e. The van der Waals surface area contributed by atoms with E-state index in [1.54, 1.807) is 6.92 Å². The Labute approximate surface area is 80.1 Å². The van der Waals surface area contributed by atoms with Crippen molar-refractivity contribution in [1.82, 2.24) is 5.32 Å². The predicted octanol–water partition coefficient (Wildman–Crippen LogP) is 2.13. The van der Waals surface area contributed by atoms with Gasteiger partial charge in [-0.2, -0.15) is 0 Å². The van der Waals surface area contributed by atoms with Crippen LogP contribution in [-0.2, 0) is 0 Å². The van der Waals surface area contributed by atoms with E-state index in [2.05, 4.69) is 17.2 Å². The Balaban J connectivity index is 2.19. The van der Waals surface area contributed by atoms with Crippen LogP contribution >= 0.6 is 0 Å². The quantitative estimate of drug-likeness (QED) is 0.661. The van der Waals surface area contributed by atoms with E-state index in [9.17, 15) is 4.39 Å². The van der Waals surface area contributed by atoms with Crippen molar-refractivity contribution in [2.45, 2.75) is 38.8 Å². The molecule has 74 valence electrons. The van der Waals surface area contributed by atoms with E-state index in [1.165, 1.54) is 0 Å². The van der Waals surface area contributed by atoms with Gasteiger partial charge in [-0.25, -0.2) is 4.39 Å². The summed E-state index contributed by atoms with van der Waals surface area (Å²) in [5.41, 5.74) is 0. The van der Waals surface area contributed by atoms with E-state index in [-0.39, 0.29) is 5.92 Å². The van der Waals surface area contributed by atoms with Crippen molar-refractivity contribution in [3.05, 3.63) is 0 Å². The van der Waals surface area contributed by atoms with Crippen LogP contribution in [0.4, 0.5) is 4.39 Å². The van der Waals surface area contributed by atoms with Gasteiger partial charge in [0.2, 0.25) is 0 Å². The Morgan fingerprint density at radius 2 is 2.15 bits per heavy atom. The molecule has 0 bridgehead atoms. The summed E-state index contributed by atoms with van der Waals surface area (Å²) in [4.78, 5) is 0. The van der Waals surface area contributed by atoms with Crippen LogP contribution in [0.25, 0.3) is 0 Å². The normalized spacial score (nSPS) is 20.5. The van der Waals surface area contributed by atoms with Crippen LogP contribution in [0.2, 0.25) is 0 Å². The molecule has 1 saturated heterocycles. The first kappa shape index (κ1) is 10.5. The van der Waals surface area contributed by atoms with Crippen LogP contribution in [0.5, 0.6) is 0 Å². The maximum absolute atomic E-state index is 13.5. The van der Waals surface area contributed by atoms with Gasteiger partial charge in [0, 0.05) is 6.42 Å². The second kappa shape index (κ2) is 5.99. The first-order valence-corrected chi connectivity index (χ1v) is 5.09. The number of hydrogen-bond acceptors (Lipinski definition) is 1. The fraction of sp³-hybridized carbons (Fsp3) is 0.818. The second-order valence-corrected chi connectivity index (χ2v) is 3.57. The molecule has 0 aromatic rings. The van der Waals surface area contributed by atoms with E-state index < -0.39 is 6.17 Å². The van der Waals surface area contributed by atoms with E-state index in [0.717, 1.165) is 25.9 Å². The fourth-order valence-electron chi connectivity index (χ4n) is 1.78. The topological polar surface area (TPSA) is 12.0 Å². The van der Waals surface area contributed by atoms with Crippen molar-refractivity contribution in [3.63, 3.8) is 0 Å². The lowest BCUT2D eigenvalue weighted by Gasteiger charge is -2.25. The lowest BCUT2D eigenvalue weighted by molar-refractivity contribution is 0.179. The van der Waals surface area contributed by atoms with E-state index in [4.69, 9.17) is 0 Å². The highest BCUT2D eigenvalue weighted by molar-refractivity contribution is 4.95. The van der Waals surface area contributed by atoms with Gasteiger partial charge in [0.25, 0.3) is 0 Å². The number of nitrogens with one attached hydrogen (secondary N) is 1. The number of hydrogen-bond donors (Lipinski definition) is 1. The van der Waals surface area contributed by atoms with Crippen molar-refractivity contribution in [3.8, 4) is 11.8 Å². The lowest BCUT2D eigenvalue weighted by atomic mass is 9.91. The van der Waals surface area contributed by atoms with Crippen LogP contribution in [-0.4, -0.2) is 19.3 Å². The van der Waals surface area contributed by atoms with Crippen LogP contribution in [0, 0.1) is 17.8 Å². The molecule has 1 nitrogen and oxygen atoms in total. The van der Waals surface area contributed by atoms with E-state index in [0.29, 0.717) is 12.8 Å². The SMILES string of the molecule is CC#CCCC(F)C1CCNCC1. The zero-order chi connectivity index (χ0) is 9.52. The Bertz CT molecular complexity index is 186. The third-order valence-corrected chi connectivity index (χ3v) is 2.62. The van der Waals surface area contributed by atoms with Crippen molar-refractivity contribution < 1.29 is 4.39 Å². The molecule has 0 aromatic carbocycles. The maximum atomic E-state index is 13.5. The molecular weight excluding hydrogens is 165 g/mol. The molecule has 0 saturated carbocycles. The van der Waals surface area contributed by atoms with Crippen molar-refractivity contribution >= 4 is 0 Å². The minimum absolute atomic E-state index is 0.278. The largest absolute Gasteiger partial charge is 0.317 e. The Morgan fingerprint density at radius 3 is 2.77 bits per heavy atom. The van der Waals surface area contributed by atoms with Gasteiger partial charge in [-0.05, 0) is 45.2 Å². The third-order valence-electron chi connectivity index (χ3n) is 2.62. The Kier molecular flexibility index (Phi) is 4.85. The molecule has 1 rings (SSSR count). The van der Waals surface area contributed by atoms with Gasteiger partial charge in [0.15, 0.2) is 0 Å². The molecule has 0 aromatic heterocycles. The van der Waals surface area contributed by atoms with Crippen molar-refractivity contribution in [1.29, 1.82) is 0 Å². The smallest absolute Gasteiger partial charge is 0.104 e. The summed E-state index contributed by atoms with van der Waals surface area (Å²) in [6.07, 6.45) is 2.66. The number of alkyl halides is 1. The standard InChI is InChI=1S/C11H18FN/c1-2-3-4-5-11(12)10-6-8-13-9-7-10/h10-11,13H,4-9H2,1H3. The minimum Gasteiger partial charge on any atom is -0.317 e. The van der Waals surface area contributed by atoms with E-state index in [1.807, 2.05) is 0 Å². The Hall–Kier alpha value is -0.550. The fourth-order valence-corrected chi connectivity index (χ4v) is 1.78. The van der Waals surface area contributed by atoms with Gasteiger partial charge in [-0.3, -0.25) is 0 Å². The molecule has 1 heterocycles. The van der Waals surface area contributed by atoms with Crippen LogP contribution in [0.3, 0.4) is 0 Å². The highest BCUT2D eigenvalue weighted by Crippen LogP contribution is 2.22. The average molecular weight is 183 g/mol. The van der Waals surface area contributed by atoms with Crippen LogP contribution < -0.4 is 5.32 Å². The number of piperidine rings is 1. The summed E-state index contributed by atoms with van der Waals surface area (Å²) < 4.78 is 13.5. The molecule has 1 aliphatic rings. The molecule has 2 heteroatoms. The molecular formula is C11H18FN.